The number of anilines is 2. The van der Waals surface area contributed by atoms with E-state index in [0.29, 0.717) is 77.1 Å². The molecule has 5 saturated heterocycles. The van der Waals surface area contributed by atoms with Crippen molar-refractivity contribution in [3.05, 3.63) is 77.0 Å². The van der Waals surface area contributed by atoms with Gasteiger partial charge < -0.3 is 34.2 Å². The first kappa shape index (κ1) is 46.1. The Hall–Kier alpha value is -6.04. The predicted molar refractivity (Wildman–Crippen MR) is 263 cm³/mol. The number of likely N-dealkylation sites (tertiary alicyclic amines) is 1. The molecule has 0 radical (unpaired) electrons. The molecule has 15 nitrogen and oxygen atoms in total. The molecule has 0 bridgehead atoms. The molecular weight excluding hydrogens is 909 g/mol. The lowest BCUT2D eigenvalue weighted by molar-refractivity contribution is -0.151. The third kappa shape index (κ3) is 8.70. The lowest BCUT2D eigenvalue weighted by Crippen LogP contribution is -2.56. The van der Waals surface area contributed by atoms with E-state index in [2.05, 4.69) is 36.0 Å². The largest absolute Gasteiger partial charge is 0.508 e. The Morgan fingerprint density at radius 2 is 1.70 bits per heavy atom. The number of ether oxygens (including phenoxy) is 2. The van der Waals surface area contributed by atoms with Crippen molar-refractivity contribution in [1.82, 2.24) is 35.0 Å². The monoisotopic (exact) mass is 969 g/mol. The van der Waals surface area contributed by atoms with Crippen LogP contribution in [0.3, 0.4) is 0 Å². The number of fused-ring (bicyclic) bond motifs is 3. The van der Waals surface area contributed by atoms with Crippen LogP contribution in [0.25, 0.3) is 32.9 Å². The highest BCUT2D eigenvalue weighted by atomic mass is 19.1. The van der Waals surface area contributed by atoms with Gasteiger partial charge in [-0.2, -0.15) is 9.97 Å². The predicted octanol–water partition coefficient (Wildman–Crippen LogP) is 6.60. The van der Waals surface area contributed by atoms with Gasteiger partial charge >= 0.3 is 6.01 Å². The van der Waals surface area contributed by atoms with Gasteiger partial charge in [-0.05, 0) is 129 Å². The maximum atomic E-state index is 17.2. The number of hydrogen-bond acceptors (Lipinski definition) is 13. The summed E-state index contributed by atoms with van der Waals surface area (Å²) in [6.45, 7) is 12.5. The van der Waals surface area contributed by atoms with Crippen molar-refractivity contribution in [3.8, 4) is 23.0 Å². The van der Waals surface area contributed by atoms with Crippen molar-refractivity contribution in [1.29, 1.82) is 0 Å². The number of hydrogen-bond donors (Lipinski definition) is 2. The van der Waals surface area contributed by atoms with Crippen molar-refractivity contribution in [2.24, 2.45) is 11.3 Å². The van der Waals surface area contributed by atoms with Gasteiger partial charge in [-0.1, -0.05) is 13.0 Å². The topological polar surface area (TPSA) is 157 Å². The minimum Gasteiger partial charge on any atom is -0.508 e. The number of imide groups is 1. The fourth-order valence-electron chi connectivity index (χ4n) is 12.4. The third-order valence-electron chi connectivity index (χ3n) is 16.7. The Morgan fingerprint density at radius 1 is 0.887 bits per heavy atom. The molecule has 3 aromatic carbocycles. The van der Waals surface area contributed by atoms with Gasteiger partial charge in [0.15, 0.2) is 5.82 Å². The van der Waals surface area contributed by atoms with Gasteiger partial charge in [0.1, 0.15) is 34.6 Å². The van der Waals surface area contributed by atoms with E-state index < -0.39 is 23.6 Å². The molecular formula is C54H61F2N9O6. The lowest BCUT2D eigenvalue weighted by atomic mass is 9.86. The number of amides is 3. The molecule has 8 heterocycles. The average Bonchev–Trinajstić information content (AvgIpc) is 4.06. The number of halogens is 2. The molecule has 5 aromatic rings. The molecule has 6 fully saturated rings. The van der Waals surface area contributed by atoms with Crippen LogP contribution < -0.4 is 19.9 Å². The number of phenolic OH excluding ortho intramolecular Hbond substituents is 1. The zero-order chi connectivity index (χ0) is 48.6. The summed E-state index contributed by atoms with van der Waals surface area (Å²) in [6, 6.07) is 11.5. The Bertz CT molecular complexity index is 2950. The number of aryl methyl sites for hydroxylation is 1. The second kappa shape index (κ2) is 18.2. The van der Waals surface area contributed by atoms with Crippen molar-refractivity contribution in [2.45, 2.75) is 89.3 Å². The minimum absolute atomic E-state index is 0.0199. The summed E-state index contributed by atoms with van der Waals surface area (Å²) >= 11 is 0. The molecule has 71 heavy (non-hydrogen) atoms. The van der Waals surface area contributed by atoms with Crippen LogP contribution in [0.1, 0.15) is 86.2 Å². The molecule has 17 heteroatoms. The Balaban J connectivity index is 0.687. The normalized spacial score (nSPS) is 24.0. The molecule has 7 aliphatic rings. The first-order valence-electron chi connectivity index (χ1n) is 25.7. The number of nitrogens with one attached hydrogen (secondary N) is 1. The molecule has 6 aliphatic heterocycles. The van der Waals surface area contributed by atoms with E-state index >= 15 is 8.78 Å². The summed E-state index contributed by atoms with van der Waals surface area (Å²) in [6.07, 6.45) is 9.74. The summed E-state index contributed by atoms with van der Waals surface area (Å²) < 4.78 is 45.1. The number of rotatable bonds is 12. The molecule has 12 rings (SSSR count). The number of carbonyl (C=O) groups excluding carboxylic acids is 3. The molecule has 2 atom stereocenters. The third-order valence-corrected chi connectivity index (χ3v) is 16.7. The van der Waals surface area contributed by atoms with Gasteiger partial charge in [-0.15, -0.1) is 0 Å². The zero-order valence-electron chi connectivity index (χ0n) is 40.4. The van der Waals surface area contributed by atoms with Crippen LogP contribution in [-0.4, -0.2) is 143 Å². The Labute approximate surface area is 411 Å². The highest BCUT2D eigenvalue weighted by Gasteiger charge is 2.46. The van der Waals surface area contributed by atoms with Crippen LogP contribution in [0.2, 0.25) is 0 Å². The second-order valence-electron chi connectivity index (χ2n) is 21.3. The number of carbonyl (C=O) groups is 3. The molecule has 1 saturated carbocycles. The van der Waals surface area contributed by atoms with Crippen molar-refractivity contribution >= 4 is 50.9 Å². The maximum Gasteiger partial charge on any atom is 0.319 e. The molecule has 372 valence electrons. The standard InChI is InChI=1S/C54H61F2N9O6/c1-2-38-42(55)7-4-34-25-37(66)26-40(45(34)38)47-46(56)48-41(27-57-47)49(64-16-3-12-54(31-64)15-23-71-54)60-52(59-48)70-32-53(13-14-53)30-62-17-10-33(11-18-62)28-61-19-21-63(22-20-61)36-5-6-39-35(24-36)29-65(51(39)69)43-8-9-44(67)58-50(43)68/h4-7,24-27,33,43,66H,2-3,8-23,28-32H2,1H3,(H,58,67,68)/t43-,54?/m0/s1. The van der Waals surface area contributed by atoms with Crippen LogP contribution >= 0.6 is 0 Å². The van der Waals surface area contributed by atoms with Crippen molar-refractivity contribution in [2.75, 3.05) is 88.5 Å². The fourth-order valence-corrected chi connectivity index (χ4v) is 12.4. The number of pyridine rings is 1. The van der Waals surface area contributed by atoms with Gasteiger partial charge in [0, 0.05) is 100 Å². The van der Waals surface area contributed by atoms with Crippen LogP contribution in [-0.2, 0) is 27.3 Å². The molecule has 1 unspecified atom stereocenters. The molecule has 2 N–H and O–H groups in total. The first-order valence-corrected chi connectivity index (χ1v) is 25.7. The lowest BCUT2D eigenvalue weighted by Gasteiger charge is -2.48. The van der Waals surface area contributed by atoms with Crippen molar-refractivity contribution in [3.63, 3.8) is 0 Å². The maximum absolute atomic E-state index is 17.2. The molecule has 2 aromatic heterocycles. The minimum atomic E-state index is -0.675. The zero-order valence-corrected chi connectivity index (χ0v) is 40.4. The first-order chi connectivity index (χ1) is 34.4. The number of aromatic hydroxyl groups is 1. The number of piperidine rings is 3. The van der Waals surface area contributed by atoms with Gasteiger partial charge in [0.2, 0.25) is 11.8 Å². The quantitative estimate of drug-likeness (QED) is 0.129. The SMILES string of the molecule is CCc1c(F)ccc2cc(O)cc(-c3ncc4c(N5CCCC6(CCO6)C5)nc(OCC5(CN6CCC(CN7CCN(c8ccc9c(c8)CN([C@H]8CCC(=O)NC8=O)C9=O)CC7)CC6)CC5)nc4c3F)c12. The van der Waals surface area contributed by atoms with E-state index in [-0.39, 0.29) is 52.2 Å². The summed E-state index contributed by atoms with van der Waals surface area (Å²) in [5.74, 6) is -0.777. The second-order valence-corrected chi connectivity index (χ2v) is 21.3. The number of phenols is 1. The number of nitrogens with zero attached hydrogens (tertiary/aromatic N) is 8. The van der Waals surface area contributed by atoms with E-state index in [1.54, 1.807) is 23.2 Å². The number of piperazine rings is 1. The van der Waals surface area contributed by atoms with Crippen LogP contribution in [0.5, 0.6) is 11.8 Å². The van der Waals surface area contributed by atoms with Crippen LogP contribution in [0.4, 0.5) is 20.3 Å². The van der Waals surface area contributed by atoms with Crippen molar-refractivity contribution < 1.29 is 37.7 Å². The van der Waals surface area contributed by atoms with Gasteiger partial charge in [0.25, 0.3) is 5.91 Å². The van der Waals surface area contributed by atoms with E-state index in [0.717, 1.165) is 122 Å². The fraction of sp³-hybridized carbons (Fsp3) is 0.519. The van der Waals surface area contributed by atoms with Crippen LogP contribution in [0.15, 0.2) is 48.7 Å². The van der Waals surface area contributed by atoms with E-state index in [1.165, 1.54) is 12.1 Å². The Kier molecular flexibility index (Phi) is 11.8. The summed E-state index contributed by atoms with van der Waals surface area (Å²) in [4.78, 5) is 63.2. The highest BCUT2D eigenvalue weighted by molar-refractivity contribution is 6.06. The molecule has 3 amide bonds. The van der Waals surface area contributed by atoms with Gasteiger partial charge in [0.05, 0.1) is 24.2 Å². The van der Waals surface area contributed by atoms with E-state index in [9.17, 15) is 19.5 Å². The number of benzene rings is 3. The smallest absolute Gasteiger partial charge is 0.319 e. The van der Waals surface area contributed by atoms with Gasteiger partial charge in [-0.3, -0.25) is 29.6 Å². The summed E-state index contributed by atoms with van der Waals surface area (Å²) in [5, 5.41) is 14.7. The average molecular weight is 970 g/mol. The van der Waals surface area contributed by atoms with Gasteiger partial charge in [-0.25, -0.2) is 8.78 Å². The highest BCUT2D eigenvalue weighted by Crippen LogP contribution is 2.48. The number of aromatic nitrogens is 3. The molecule has 1 aliphatic carbocycles. The van der Waals surface area contributed by atoms with Crippen LogP contribution in [0, 0.1) is 23.0 Å². The van der Waals surface area contributed by atoms with E-state index in [4.69, 9.17) is 19.4 Å². The summed E-state index contributed by atoms with van der Waals surface area (Å²) in [5.41, 5.74) is 3.17. The van der Waals surface area contributed by atoms with E-state index in [1.807, 2.05) is 19.1 Å². The summed E-state index contributed by atoms with van der Waals surface area (Å²) in [7, 11) is 0. The molecule has 1 spiro atoms. The Morgan fingerprint density at radius 3 is 2.45 bits per heavy atom.